The molecule has 1 aliphatic heterocycles. The molecule has 2 N–H and O–H groups in total. The highest BCUT2D eigenvalue weighted by Crippen LogP contribution is 2.35. The number of hydrogen-bond acceptors (Lipinski definition) is 2. The van der Waals surface area contributed by atoms with Gasteiger partial charge in [-0.2, -0.15) is 13.2 Å². The molecule has 4 nitrogen and oxygen atoms in total. The van der Waals surface area contributed by atoms with Crippen LogP contribution in [0.3, 0.4) is 0 Å². The summed E-state index contributed by atoms with van der Waals surface area (Å²) in [6.45, 7) is 0.543. The third kappa shape index (κ3) is 3.75. The van der Waals surface area contributed by atoms with Gasteiger partial charge in [-0.3, -0.25) is 9.59 Å². The van der Waals surface area contributed by atoms with E-state index in [9.17, 15) is 22.8 Å². The Morgan fingerprint density at radius 1 is 1.38 bits per heavy atom. The second kappa shape index (κ2) is 6.05. The monoisotopic (exact) mass is 364 g/mol. The van der Waals surface area contributed by atoms with Crippen LogP contribution in [0.1, 0.15) is 28.8 Å². The maximum Gasteiger partial charge on any atom is 0.417 e. The van der Waals surface area contributed by atoms with Gasteiger partial charge in [0.15, 0.2) is 0 Å². The Balaban J connectivity index is 2.18. The Morgan fingerprint density at radius 2 is 2.10 bits per heavy atom. The Morgan fingerprint density at radius 3 is 2.71 bits per heavy atom. The summed E-state index contributed by atoms with van der Waals surface area (Å²) in [4.78, 5) is 23.5. The second-order valence-corrected chi connectivity index (χ2v) is 5.51. The molecule has 0 aromatic heterocycles. The molecular formula is C13H12BrF3N2O2. The van der Waals surface area contributed by atoms with E-state index in [1.165, 1.54) is 12.1 Å². The number of halogens is 4. The maximum atomic E-state index is 12.8. The molecule has 1 atom stereocenters. The topological polar surface area (TPSA) is 58.2 Å². The lowest BCUT2D eigenvalue weighted by Crippen LogP contribution is -2.50. The third-order valence-electron chi connectivity index (χ3n) is 3.12. The molecule has 1 aliphatic rings. The van der Waals surface area contributed by atoms with Gasteiger partial charge in [-0.05, 0) is 31.0 Å². The van der Waals surface area contributed by atoms with Gasteiger partial charge in [-0.1, -0.05) is 15.9 Å². The number of hydrogen-bond donors (Lipinski definition) is 2. The first-order valence-corrected chi connectivity index (χ1v) is 7.03. The summed E-state index contributed by atoms with van der Waals surface area (Å²) in [5.74, 6) is -1.02. The summed E-state index contributed by atoms with van der Waals surface area (Å²) in [5.41, 5.74) is -1.06. The minimum absolute atomic E-state index is 0.135. The molecule has 0 bridgehead atoms. The molecule has 1 aromatic carbocycles. The van der Waals surface area contributed by atoms with E-state index in [2.05, 4.69) is 26.6 Å². The fourth-order valence-electron chi connectivity index (χ4n) is 2.04. The van der Waals surface area contributed by atoms with E-state index in [0.717, 1.165) is 6.07 Å². The minimum atomic E-state index is -4.56. The van der Waals surface area contributed by atoms with Crippen LogP contribution in [0.25, 0.3) is 0 Å². The number of piperidine rings is 1. The highest BCUT2D eigenvalue weighted by molar-refractivity contribution is 9.10. The Bertz CT molecular complexity index is 575. The van der Waals surface area contributed by atoms with Crippen molar-refractivity contribution >= 4 is 27.7 Å². The van der Waals surface area contributed by atoms with Crippen LogP contribution in [0.5, 0.6) is 0 Å². The van der Waals surface area contributed by atoms with Crippen LogP contribution in [0, 0.1) is 0 Å². The molecule has 1 aromatic rings. The minimum Gasteiger partial charge on any atom is -0.354 e. The number of rotatable bonds is 2. The van der Waals surface area contributed by atoms with Gasteiger partial charge in [0.2, 0.25) is 5.91 Å². The van der Waals surface area contributed by atoms with Crippen molar-refractivity contribution in [3.8, 4) is 0 Å². The molecule has 2 rings (SSSR count). The second-order valence-electron chi connectivity index (χ2n) is 4.65. The largest absolute Gasteiger partial charge is 0.417 e. The Hall–Kier alpha value is -1.57. The summed E-state index contributed by atoms with van der Waals surface area (Å²) < 4.78 is 38.2. The fraction of sp³-hybridized carbons (Fsp3) is 0.385. The average Bonchev–Trinajstić information content (AvgIpc) is 2.40. The smallest absolute Gasteiger partial charge is 0.354 e. The molecular weight excluding hydrogens is 353 g/mol. The molecule has 114 valence electrons. The highest BCUT2D eigenvalue weighted by Gasteiger charge is 2.34. The van der Waals surface area contributed by atoms with Gasteiger partial charge in [0.1, 0.15) is 6.04 Å². The van der Waals surface area contributed by atoms with Crippen molar-refractivity contribution in [2.75, 3.05) is 6.54 Å². The third-order valence-corrected chi connectivity index (χ3v) is 3.82. The quantitative estimate of drug-likeness (QED) is 0.846. The molecule has 2 amide bonds. The lowest BCUT2D eigenvalue weighted by atomic mass is 10.1. The van der Waals surface area contributed by atoms with E-state index in [-0.39, 0.29) is 15.9 Å². The number of alkyl halides is 3. The van der Waals surface area contributed by atoms with Crippen LogP contribution in [0.15, 0.2) is 22.7 Å². The van der Waals surface area contributed by atoms with Crippen molar-refractivity contribution in [3.63, 3.8) is 0 Å². The van der Waals surface area contributed by atoms with Crippen LogP contribution >= 0.6 is 15.9 Å². The van der Waals surface area contributed by atoms with Gasteiger partial charge in [-0.15, -0.1) is 0 Å². The first-order valence-electron chi connectivity index (χ1n) is 6.24. The molecule has 8 heteroatoms. The van der Waals surface area contributed by atoms with E-state index in [1.54, 1.807) is 0 Å². The van der Waals surface area contributed by atoms with Crippen molar-refractivity contribution in [1.29, 1.82) is 0 Å². The average molecular weight is 365 g/mol. The molecule has 1 heterocycles. The van der Waals surface area contributed by atoms with Gasteiger partial charge in [0.05, 0.1) is 5.56 Å². The summed E-state index contributed by atoms with van der Waals surface area (Å²) in [5, 5.41) is 5.04. The standard InChI is InChI=1S/C13H12BrF3N2O2/c14-9-4-3-7(6-8(9)13(15,16)17)11(20)19-10-2-1-5-18-12(10)21/h3-4,6,10H,1-2,5H2,(H,18,21)(H,19,20). The lowest BCUT2D eigenvalue weighted by Gasteiger charge is -2.23. The maximum absolute atomic E-state index is 12.8. The van der Waals surface area contributed by atoms with Gasteiger partial charge < -0.3 is 10.6 Å². The zero-order valence-corrected chi connectivity index (χ0v) is 12.3. The van der Waals surface area contributed by atoms with Crippen molar-refractivity contribution < 1.29 is 22.8 Å². The number of nitrogens with one attached hydrogen (secondary N) is 2. The molecule has 1 saturated heterocycles. The van der Waals surface area contributed by atoms with Crippen molar-refractivity contribution in [1.82, 2.24) is 10.6 Å². The van der Waals surface area contributed by atoms with Gasteiger partial charge >= 0.3 is 6.18 Å². The van der Waals surface area contributed by atoms with Crippen LogP contribution in [0.2, 0.25) is 0 Å². The zero-order valence-electron chi connectivity index (χ0n) is 10.8. The van der Waals surface area contributed by atoms with Crippen molar-refractivity contribution in [2.24, 2.45) is 0 Å². The zero-order chi connectivity index (χ0) is 15.6. The summed E-state index contributed by atoms with van der Waals surface area (Å²) in [7, 11) is 0. The Labute approximate surface area is 127 Å². The highest BCUT2D eigenvalue weighted by atomic mass is 79.9. The first-order chi connectivity index (χ1) is 9.79. The van der Waals surface area contributed by atoms with E-state index in [0.29, 0.717) is 19.4 Å². The number of benzene rings is 1. The van der Waals surface area contributed by atoms with Crippen molar-refractivity contribution in [2.45, 2.75) is 25.1 Å². The fourth-order valence-corrected chi connectivity index (χ4v) is 2.51. The van der Waals surface area contributed by atoms with Crippen LogP contribution in [-0.2, 0) is 11.0 Å². The van der Waals surface area contributed by atoms with Gasteiger partial charge in [0.25, 0.3) is 5.91 Å². The number of carbonyl (C=O) groups is 2. The summed E-state index contributed by atoms with van der Waals surface area (Å²) in [6, 6.07) is 2.50. The van der Waals surface area contributed by atoms with E-state index in [4.69, 9.17) is 0 Å². The molecule has 0 spiro atoms. The van der Waals surface area contributed by atoms with Gasteiger partial charge in [-0.25, -0.2) is 0 Å². The summed E-state index contributed by atoms with van der Waals surface area (Å²) >= 11 is 2.81. The molecule has 21 heavy (non-hydrogen) atoms. The van der Waals surface area contributed by atoms with Gasteiger partial charge in [0, 0.05) is 16.6 Å². The molecule has 1 unspecified atom stereocenters. The summed E-state index contributed by atoms with van der Waals surface area (Å²) in [6.07, 6.45) is -3.37. The molecule has 1 fully saturated rings. The molecule has 0 radical (unpaired) electrons. The van der Waals surface area contributed by atoms with E-state index >= 15 is 0 Å². The van der Waals surface area contributed by atoms with Crippen LogP contribution in [-0.4, -0.2) is 24.4 Å². The number of amides is 2. The normalized spacial score (nSPS) is 19.0. The predicted octanol–water partition coefficient (Wildman–Crippen LogP) is 2.48. The van der Waals surface area contributed by atoms with E-state index in [1.807, 2.05) is 0 Å². The molecule has 0 saturated carbocycles. The number of carbonyl (C=O) groups excluding carboxylic acids is 2. The van der Waals surface area contributed by atoms with Crippen LogP contribution in [0.4, 0.5) is 13.2 Å². The van der Waals surface area contributed by atoms with Crippen molar-refractivity contribution in [3.05, 3.63) is 33.8 Å². The SMILES string of the molecule is O=C(NC1CCCNC1=O)c1ccc(Br)c(C(F)(F)F)c1. The van der Waals surface area contributed by atoms with E-state index < -0.39 is 23.7 Å². The first kappa shape index (κ1) is 15.8. The lowest BCUT2D eigenvalue weighted by molar-refractivity contribution is -0.138. The predicted molar refractivity (Wildman–Crippen MR) is 72.6 cm³/mol. The van der Waals surface area contributed by atoms with Crippen LogP contribution < -0.4 is 10.6 Å². The molecule has 0 aliphatic carbocycles. The Kier molecular flexibility index (Phi) is 4.55.